The van der Waals surface area contributed by atoms with Crippen molar-refractivity contribution in [2.24, 2.45) is 0 Å². The average molecular weight is 495 g/mol. The number of rotatable bonds is 7. The second-order valence-electron chi connectivity index (χ2n) is 8.49. The highest BCUT2D eigenvalue weighted by atomic mass is 19.1. The van der Waals surface area contributed by atoms with Crippen LogP contribution in [0.4, 0.5) is 22.0 Å². The molecule has 0 aromatic heterocycles. The molecule has 0 radical (unpaired) electrons. The van der Waals surface area contributed by atoms with Gasteiger partial charge in [0.05, 0.1) is 5.56 Å². The molecule has 0 spiro atoms. The molecule has 0 fully saturated rings. The molecule has 0 saturated carbocycles. The van der Waals surface area contributed by atoms with Crippen molar-refractivity contribution < 1.29 is 26.7 Å². The van der Waals surface area contributed by atoms with Crippen LogP contribution < -0.4 is 0 Å². The van der Waals surface area contributed by atoms with E-state index in [1.165, 1.54) is 24.3 Å². The van der Waals surface area contributed by atoms with Gasteiger partial charge in [0.25, 0.3) is 0 Å². The van der Waals surface area contributed by atoms with Crippen molar-refractivity contribution in [3.63, 3.8) is 0 Å². The van der Waals surface area contributed by atoms with Gasteiger partial charge in [0.15, 0.2) is 0 Å². The van der Waals surface area contributed by atoms with Gasteiger partial charge in [0.1, 0.15) is 29.1 Å². The van der Waals surface area contributed by atoms with Crippen LogP contribution in [0.2, 0.25) is 0 Å². The van der Waals surface area contributed by atoms with Gasteiger partial charge in [-0.25, -0.2) is 22.0 Å². The predicted molar refractivity (Wildman–Crippen MR) is 130 cm³/mol. The molecule has 0 amide bonds. The number of benzene rings is 4. The maximum Gasteiger partial charge on any atom is 0.142 e. The molecule has 0 saturated heterocycles. The van der Waals surface area contributed by atoms with Gasteiger partial charge in [0, 0.05) is 24.8 Å². The van der Waals surface area contributed by atoms with Crippen molar-refractivity contribution in [2.75, 3.05) is 13.7 Å². The van der Waals surface area contributed by atoms with E-state index in [1.54, 1.807) is 31.4 Å². The van der Waals surface area contributed by atoms with E-state index in [-0.39, 0.29) is 24.0 Å². The maximum absolute atomic E-state index is 14.7. The molecule has 1 nitrogen and oxygen atoms in total. The normalized spacial score (nSPS) is 10.9. The van der Waals surface area contributed by atoms with Crippen LogP contribution in [0.25, 0.3) is 10.8 Å². The highest BCUT2D eigenvalue weighted by Crippen LogP contribution is 2.22. The van der Waals surface area contributed by atoms with Crippen LogP contribution in [0, 0.1) is 40.9 Å². The topological polar surface area (TPSA) is 9.23 Å². The van der Waals surface area contributed by atoms with E-state index in [4.69, 9.17) is 4.74 Å². The molecule has 0 unspecified atom stereocenters. The summed E-state index contributed by atoms with van der Waals surface area (Å²) in [6.45, 7) is 0.490. The molecule has 0 atom stereocenters. The standard InChI is InChI=1S/C30H23F5O/c1-36-13-3-4-19-14-27(32)25(28(33)15-19)10-7-20-16-29(34)26(30(35)17-20)11-8-21-5-2-6-22-18-23(31)9-12-24(21)22/h2,5-6,9,12,14-18H,3-4,7,10,13H2,1H3. The van der Waals surface area contributed by atoms with Crippen molar-refractivity contribution in [3.05, 3.63) is 118 Å². The Morgan fingerprint density at radius 2 is 1.36 bits per heavy atom. The van der Waals surface area contributed by atoms with Crippen LogP contribution in [0.5, 0.6) is 0 Å². The highest BCUT2D eigenvalue weighted by Gasteiger charge is 2.14. The predicted octanol–water partition coefficient (Wildman–Crippen LogP) is 7.30. The van der Waals surface area contributed by atoms with Gasteiger partial charge in [-0.2, -0.15) is 0 Å². The van der Waals surface area contributed by atoms with E-state index in [0.29, 0.717) is 41.3 Å². The van der Waals surface area contributed by atoms with Crippen molar-refractivity contribution in [1.29, 1.82) is 0 Å². The van der Waals surface area contributed by atoms with Gasteiger partial charge in [-0.15, -0.1) is 0 Å². The number of methoxy groups -OCH3 is 1. The largest absolute Gasteiger partial charge is 0.385 e. The quantitative estimate of drug-likeness (QED) is 0.149. The Morgan fingerprint density at radius 1 is 0.694 bits per heavy atom. The number of hydrogen-bond acceptors (Lipinski definition) is 1. The molecule has 6 heteroatoms. The second kappa shape index (κ2) is 11.4. The molecule has 0 aliphatic rings. The summed E-state index contributed by atoms with van der Waals surface area (Å²) in [4.78, 5) is 0. The monoisotopic (exact) mass is 494 g/mol. The first-order valence-corrected chi connectivity index (χ1v) is 11.5. The number of fused-ring (bicyclic) bond motifs is 1. The summed E-state index contributed by atoms with van der Waals surface area (Å²) in [5.41, 5.74) is 0.770. The fourth-order valence-electron chi connectivity index (χ4n) is 4.11. The third-order valence-corrected chi connectivity index (χ3v) is 5.94. The number of aryl methyl sites for hydroxylation is 2. The minimum atomic E-state index is -0.863. The summed E-state index contributed by atoms with van der Waals surface area (Å²) in [6, 6.07) is 14.1. The molecule has 0 aliphatic heterocycles. The number of halogens is 5. The lowest BCUT2D eigenvalue weighted by Gasteiger charge is -2.09. The van der Waals surface area contributed by atoms with E-state index in [2.05, 4.69) is 11.8 Å². The van der Waals surface area contributed by atoms with Gasteiger partial charge < -0.3 is 4.74 Å². The molecular weight excluding hydrogens is 471 g/mol. The molecule has 0 aliphatic carbocycles. The van der Waals surface area contributed by atoms with Crippen LogP contribution in [0.15, 0.2) is 60.7 Å². The lowest BCUT2D eigenvalue weighted by Crippen LogP contribution is -2.03. The fraction of sp³-hybridized carbons (Fsp3) is 0.200. The Hall–Kier alpha value is -3.69. The smallest absolute Gasteiger partial charge is 0.142 e. The zero-order valence-electron chi connectivity index (χ0n) is 19.6. The van der Waals surface area contributed by atoms with Gasteiger partial charge in [-0.05, 0) is 90.0 Å². The summed E-state index contributed by atoms with van der Waals surface area (Å²) in [5.74, 6) is 1.81. The van der Waals surface area contributed by atoms with Gasteiger partial charge in [-0.3, -0.25) is 0 Å². The van der Waals surface area contributed by atoms with Crippen molar-refractivity contribution in [1.82, 2.24) is 0 Å². The van der Waals surface area contributed by atoms with Crippen molar-refractivity contribution in [3.8, 4) is 11.8 Å². The van der Waals surface area contributed by atoms with Crippen LogP contribution in [-0.4, -0.2) is 13.7 Å². The molecule has 4 aromatic carbocycles. The zero-order valence-corrected chi connectivity index (χ0v) is 19.6. The Balaban J connectivity index is 1.51. The summed E-state index contributed by atoms with van der Waals surface area (Å²) >= 11 is 0. The Labute approximate surface area is 206 Å². The van der Waals surface area contributed by atoms with Gasteiger partial charge >= 0.3 is 0 Å². The third kappa shape index (κ3) is 5.92. The number of hydrogen-bond donors (Lipinski definition) is 0. The summed E-state index contributed by atoms with van der Waals surface area (Å²) < 4.78 is 76.8. The molecule has 0 heterocycles. The molecular formula is C30H23F5O. The first-order chi connectivity index (χ1) is 17.4. The highest BCUT2D eigenvalue weighted by molar-refractivity contribution is 5.88. The Bertz CT molecular complexity index is 1420. The van der Waals surface area contributed by atoms with Crippen LogP contribution >= 0.6 is 0 Å². The molecule has 36 heavy (non-hydrogen) atoms. The third-order valence-electron chi connectivity index (χ3n) is 5.94. The van der Waals surface area contributed by atoms with Gasteiger partial charge in [-0.1, -0.05) is 30.0 Å². The minimum Gasteiger partial charge on any atom is -0.385 e. The van der Waals surface area contributed by atoms with E-state index < -0.39 is 34.6 Å². The first-order valence-electron chi connectivity index (χ1n) is 11.5. The van der Waals surface area contributed by atoms with Crippen molar-refractivity contribution >= 4 is 10.8 Å². The van der Waals surface area contributed by atoms with E-state index in [0.717, 1.165) is 12.1 Å². The van der Waals surface area contributed by atoms with E-state index in [1.807, 2.05) is 0 Å². The Kier molecular flexibility index (Phi) is 8.02. The van der Waals surface area contributed by atoms with Crippen LogP contribution in [0.1, 0.15) is 34.2 Å². The number of ether oxygens (including phenoxy) is 1. The first kappa shape index (κ1) is 25.4. The van der Waals surface area contributed by atoms with Gasteiger partial charge in [0.2, 0.25) is 0 Å². The van der Waals surface area contributed by atoms with Crippen LogP contribution in [0.3, 0.4) is 0 Å². The summed E-state index contributed by atoms with van der Waals surface area (Å²) in [6.07, 6.45) is 1.12. The van der Waals surface area contributed by atoms with E-state index >= 15 is 0 Å². The van der Waals surface area contributed by atoms with Crippen molar-refractivity contribution in [2.45, 2.75) is 25.7 Å². The van der Waals surface area contributed by atoms with Crippen LogP contribution in [-0.2, 0) is 24.0 Å². The summed E-state index contributed by atoms with van der Waals surface area (Å²) in [7, 11) is 1.56. The fourth-order valence-corrected chi connectivity index (χ4v) is 4.11. The molecule has 4 rings (SSSR count). The minimum absolute atomic E-state index is 0.0489. The lowest BCUT2D eigenvalue weighted by atomic mass is 9.99. The van der Waals surface area contributed by atoms with E-state index in [9.17, 15) is 22.0 Å². The Morgan fingerprint density at radius 3 is 2.06 bits per heavy atom. The summed E-state index contributed by atoms with van der Waals surface area (Å²) in [5, 5.41) is 1.29. The maximum atomic E-state index is 14.7. The molecule has 184 valence electrons. The SMILES string of the molecule is COCCCc1cc(F)c(CCc2cc(F)c(C#Cc3cccc4cc(F)ccc34)c(F)c2)c(F)c1. The average Bonchev–Trinajstić information content (AvgIpc) is 2.83. The zero-order chi connectivity index (χ0) is 25.7. The lowest BCUT2D eigenvalue weighted by molar-refractivity contribution is 0.195. The molecule has 4 aromatic rings. The molecule has 0 N–H and O–H groups in total. The molecule has 0 bridgehead atoms. The second-order valence-corrected chi connectivity index (χ2v) is 8.49.